The Morgan fingerprint density at radius 3 is 2.61 bits per heavy atom. The number of amides is 1. The highest BCUT2D eigenvalue weighted by molar-refractivity contribution is 8.18. The van der Waals surface area contributed by atoms with Crippen molar-refractivity contribution in [2.75, 3.05) is 0 Å². The number of rotatable bonds is 2. The van der Waals surface area contributed by atoms with Gasteiger partial charge in [0.1, 0.15) is 0 Å². The van der Waals surface area contributed by atoms with Crippen LogP contribution in [-0.4, -0.2) is 15.6 Å². The van der Waals surface area contributed by atoms with Crippen LogP contribution in [0.25, 0.3) is 27.8 Å². The van der Waals surface area contributed by atoms with Crippen LogP contribution in [0.5, 0.6) is 0 Å². The Bertz CT molecular complexity index is 1290. The maximum absolute atomic E-state index is 12.5. The van der Waals surface area contributed by atoms with Crippen LogP contribution in [0.2, 0.25) is 0 Å². The summed E-state index contributed by atoms with van der Waals surface area (Å²) in [5, 5.41) is 6.82. The Labute approximate surface area is 166 Å². The standard InChI is InChI=1S/C23H17N3OS/c1-26-14-16(18-10-4-5-12-20(18)26)13-21-22(27)25-23(28-21)24-19-11-6-8-15-7-2-3-9-17(15)19/h2-14H,1H3,(H,24,25,27)/b21-13+. The van der Waals surface area contributed by atoms with Gasteiger partial charge in [-0.25, -0.2) is 4.99 Å². The lowest BCUT2D eigenvalue weighted by Crippen LogP contribution is -2.19. The van der Waals surface area contributed by atoms with E-state index in [4.69, 9.17) is 4.99 Å². The average Bonchev–Trinajstić information content (AvgIpc) is 3.22. The molecule has 0 saturated carbocycles. The number of amidine groups is 1. The number of thioether (sulfide) groups is 1. The first-order chi connectivity index (χ1) is 13.7. The van der Waals surface area contributed by atoms with E-state index in [0.29, 0.717) is 10.1 Å². The number of para-hydroxylation sites is 1. The van der Waals surface area contributed by atoms with Crippen molar-refractivity contribution in [2.24, 2.45) is 12.0 Å². The second kappa shape index (κ2) is 6.69. The van der Waals surface area contributed by atoms with E-state index in [0.717, 1.165) is 32.9 Å². The third-order valence-corrected chi connectivity index (χ3v) is 5.76. The largest absolute Gasteiger partial charge is 0.350 e. The minimum Gasteiger partial charge on any atom is -0.350 e. The number of benzene rings is 3. The van der Waals surface area contributed by atoms with Gasteiger partial charge in [-0.15, -0.1) is 0 Å². The van der Waals surface area contributed by atoms with Gasteiger partial charge in [-0.05, 0) is 35.4 Å². The number of aryl methyl sites for hydroxylation is 1. The molecule has 1 aliphatic rings. The van der Waals surface area contributed by atoms with Crippen LogP contribution in [-0.2, 0) is 11.8 Å². The highest BCUT2D eigenvalue weighted by Gasteiger charge is 2.24. The highest BCUT2D eigenvalue weighted by Crippen LogP contribution is 2.32. The molecule has 1 N–H and O–H groups in total. The summed E-state index contributed by atoms with van der Waals surface area (Å²) in [6.07, 6.45) is 3.99. The number of carbonyl (C=O) groups excluding carboxylic acids is 1. The monoisotopic (exact) mass is 383 g/mol. The molecule has 3 aromatic carbocycles. The molecule has 4 aromatic rings. The summed E-state index contributed by atoms with van der Waals surface area (Å²) in [4.78, 5) is 17.8. The minimum atomic E-state index is -0.114. The molecule has 1 amide bonds. The van der Waals surface area contributed by atoms with E-state index in [9.17, 15) is 4.79 Å². The number of hydrogen-bond donors (Lipinski definition) is 1. The number of carbonyl (C=O) groups is 1. The van der Waals surface area contributed by atoms with Crippen LogP contribution >= 0.6 is 11.8 Å². The van der Waals surface area contributed by atoms with E-state index in [1.165, 1.54) is 11.8 Å². The number of fused-ring (bicyclic) bond motifs is 2. The van der Waals surface area contributed by atoms with Gasteiger partial charge in [0.15, 0.2) is 5.17 Å². The van der Waals surface area contributed by atoms with Gasteiger partial charge in [-0.3, -0.25) is 4.79 Å². The summed E-state index contributed by atoms with van der Waals surface area (Å²) < 4.78 is 2.07. The molecule has 1 saturated heterocycles. The maximum Gasteiger partial charge on any atom is 0.264 e. The summed E-state index contributed by atoms with van der Waals surface area (Å²) in [6, 6.07) is 22.3. The van der Waals surface area contributed by atoms with E-state index in [-0.39, 0.29) is 5.91 Å². The van der Waals surface area contributed by atoms with E-state index < -0.39 is 0 Å². The zero-order valence-electron chi connectivity index (χ0n) is 15.2. The van der Waals surface area contributed by atoms with E-state index in [1.54, 1.807) is 0 Å². The predicted molar refractivity (Wildman–Crippen MR) is 118 cm³/mol. The Morgan fingerprint density at radius 1 is 0.964 bits per heavy atom. The van der Waals surface area contributed by atoms with E-state index >= 15 is 0 Å². The lowest BCUT2D eigenvalue weighted by molar-refractivity contribution is -0.115. The van der Waals surface area contributed by atoms with Gasteiger partial charge < -0.3 is 9.88 Å². The maximum atomic E-state index is 12.5. The van der Waals surface area contributed by atoms with Gasteiger partial charge in [0.25, 0.3) is 5.91 Å². The summed E-state index contributed by atoms with van der Waals surface area (Å²) in [5.74, 6) is -0.114. The molecule has 0 unspecified atom stereocenters. The SMILES string of the molecule is Cn1cc(/C=C2/SC(=Nc3cccc4ccccc34)NC2=O)c2ccccc21. The molecule has 28 heavy (non-hydrogen) atoms. The molecule has 2 heterocycles. The Morgan fingerprint density at radius 2 is 1.71 bits per heavy atom. The Kier molecular flexibility index (Phi) is 4.02. The lowest BCUT2D eigenvalue weighted by Gasteiger charge is -2.02. The molecule has 1 aliphatic heterocycles. The molecule has 0 bridgehead atoms. The van der Waals surface area contributed by atoms with Crippen molar-refractivity contribution in [3.63, 3.8) is 0 Å². The third kappa shape index (κ3) is 2.90. The fourth-order valence-electron chi connectivity index (χ4n) is 3.53. The quantitative estimate of drug-likeness (QED) is 0.482. The van der Waals surface area contributed by atoms with Crippen LogP contribution in [0.1, 0.15) is 5.56 Å². The fourth-order valence-corrected chi connectivity index (χ4v) is 4.35. The molecule has 5 heteroatoms. The summed E-state index contributed by atoms with van der Waals surface area (Å²) in [6.45, 7) is 0. The molecular formula is C23H17N3OS. The first-order valence-corrected chi connectivity index (χ1v) is 9.82. The second-order valence-electron chi connectivity index (χ2n) is 6.69. The minimum absolute atomic E-state index is 0.114. The predicted octanol–water partition coefficient (Wildman–Crippen LogP) is 5.22. The van der Waals surface area contributed by atoms with Crippen molar-refractivity contribution >= 4 is 56.3 Å². The summed E-state index contributed by atoms with van der Waals surface area (Å²) in [5.41, 5.74) is 3.02. The van der Waals surface area contributed by atoms with Crippen LogP contribution in [0, 0.1) is 0 Å². The molecular weight excluding hydrogens is 366 g/mol. The normalized spacial score (nSPS) is 17.1. The Hall–Kier alpha value is -3.31. The molecule has 136 valence electrons. The summed E-state index contributed by atoms with van der Waals surface area (Å²) >= 11 is 1.38. The van der Waals surface area contributed by atoms with Crippen molar-refractivity contribution in [1.82, 2.24) is 9.88 Å². The second-order valence-corrected chi connectivity index (χ2v) is 7.72. The molecule has 1 fully saturated rings. The van der Waals surface area contributed by atoms with Gasteiger partial charge >= 0.3 is 0 Å². The van der Waals surface area contributed by atoms with E-state index in [2.05, 4.69) is 34.1 Å². The van der Waals surface area contributed by atoms with Crippen LogP contribution in [0.3, 0.4) is 0 Å². The molecule has 5 rings (SSSR count). The summed E-state index contributed by atoms with van der Waals surface area (Å²) in [7, 11) is 2.01. The van der Waals surface area contributed by atoms with Crippen molar-refractivity contribution < 1.29 is 4.79 Å². The van der Waals surface area contributed by atoms with Crippen molar-refractivity contribution in [3.05, 3.63) is 83.4 Å². The molecule has 4 nitrogen and oxygen atoms in total. The number of aliphatic imine (C=N–C) groups is 1. The van der Waals surface area contributed by atoms with Gasteiger partial charge in [0.05, 0.1) is 10.6 Å². The zero-order chi connectivity index (χ0) is 19.1. The Balaban J connectivity index is 1.52. The number of nitrogens with one attached hydrogen (secondary N) is 1. The smallest absolute Gasteiger partial charge is 0.264 e. The molecule has 0 aliphatic carbocycles. The first-order valence-electron chi connectivity index (χ1n) is 9.00. The van der Waals surface area contributed by atoms with Crippen LogP contribution < -0.4 is 5.32 Å². The van der Waals surface area contributed by atoms with Crippen molar-refractivity contribution in [1.29, 1.82) is 0 Å². The molecule has 0 spiro atoms. The lowest BCUT2D eigenvalue weighted by atomic mass is 10.1. The molecule has 1 aromatic heterocycles. The highest BCUT2D eigenvalue weighted by atomic mass is 32.2. The number of hydrogen-bond acceptors (Lipinski definition) is 3. The van der Waals surface area contributed by atoms with Crippen LogP contribution in [0.15, 0.2) is 82.8 Å². The third-order valence-electron chi connectivity index (χ3n) is 4.85. The van der Waals surface area contributed by atoms with Crippen molar-refractivity contribution in [2.45, 2.75) is 0 Å². The number of aromatic nitrogens is 1. The van der Waals surface area contributed by atoms with Crippen LogP contribution in [0.4, 0.5) is 5.69 Å². The van der Waals surface area contributed by atoms with Gasteiger partial charge in [-0.1, -0.05) is 54.6 Å². The zero-order valence-corrected chi connectivity index (χ0v) is 16.0. The number of nitrogens with zero attached hydrogens (tertiary/aromatic N) is 2. The van der Waals surface area contributed by atoms with Gasteiger partial charge in [-0.2, -0.15) is 0 Å². The van der Waals surface area contributed by atoms with Crippen molar-refractivity contribution in [3.8, 4) is 0 Å². The van der Waals surface area contributed by atoms with E-state index in [1.807, 2.05) is 61.8 Å². The molecule has 0 atom stereocenters. The topological polar surface area (TPSA) is 46.4 Å². The first kappa shape index (κ1) is 16.8. The fraction of sp³-hybridized carbons (Fsp3) is 0.0435. The molecule has 0 radical (unpaired) electrons. The van der Waals surface area contributed by atoms with Gasteiger partial charge in [0, 0.05) is 35.1 Å². The average molecular weight is 383 g/mol. The van der Waals surface area contributed by atoms with Gasteiger partial charge in [0.2, 0.25) is 0 Å².